The number of nitrogens with one attached hydrogen (secondary N) is 1. The quantitative estimate of drug-likeness (QED) is 0.722. The molecule has 0 radical (unpaired) electrons. The molecular formula is C16H12Cl2N4O2. The zero-order valence-corrected chi connectivity index (χ0v) is 14.0. The van der Waals surface area contributed by atoms with Crippen LogP contribution < -0.4 is 5.32 Å². The van der Waals surface area contributed by atoms with Gasteiger partial charge in [-0.1, -0.05) is 29.3 Å². The second-order valence-electron chi connectivity index (χ2n) is 5.01. The lowest BCUT2D eigenvalue weighted by Gasteiger charge is -2.12. The summed E-state index contributed by atoms with van der Waals surface area (Å²) < 4.78 is 1.59. The summed E-state index contributed by atoms with van der Waals surface area (Å²) in [6.45, 7) is 1.83. The highest BCUT2D eigenvalue weighted by Crippen LogP contribution is 2.31. The average molecular weight is 363 g/mol. The van der Waals surface area contributed by atoms with E-state index in [-0.39, 0.29) is 15.6 Å². The Kier molecular flexibility index (Phi) is 4.42. The fourth-order valence-corrected chi connectivity index (χ4v) is 2.53. The van der Waals surface area contributed by atoms with Crippen LogP contribution in [0.2, 0.25) is 10.0 Å². The van der Waals surface area contributed by atoms with Gasteiger partial charge in [0, 0.05) is 12.3 Å². The second kappa shape index (κ2) is 6.51. The van der Waals surface area contributed by atoms with Gasteiger partial charge in [-0.05, 0) is 31.2 Å². The van der Waals surface area contributed by atoms with E-state index in [0.717, 1.165) is 5.69 Å². The van der Waals surface area contributed by atoms with Crippen molar-refractivity contribution in [2.75, 3.05) is 5.32 Å². The van der Waals surface area contributed by atoms with Gasteiger partial charge in [-0.2, -0.15) is 9.78 Å². The van der Waals surface area contributed by atoms with Crippen molar-refractivity contribution in [1.82, 2.24) is 14.8 Å². The molecule has 0 aliphatic carbocycles. The van der Waals surface area contributed by atoms with Gasteiger partial charge in [0.1, 0.15) is 5.82 Å². The lowest BCUT2D eigenvalue weighted by atomic mass is 10.1. The van der Waals surface area contributed by atoms with Gasteiger partial charge in [-0.15, -0.1) is 0 Å². The number of carboxylic acid groups (broad SMARTS) is 1. The van der Waals surface area contributed by atoms with Crippen LogP contribution in [0.1, 0.15) is 16.1 Å². The zero-order chi connectivity index (χ0) is 17.3. The molecular weight excluding hydrogens is 351 g/mol. The van der Waals surface area contributed by atoms with Gasteiger partial charge in [0.15, 0.2) is 5.82 Å². The van der Waals surface area contributed by atoms with E-state index in [1.807, 2.05) is 13.0 Å². The molecule has 0 fully saturated rings. The maximum Gasteiger partial charge on any atom is 0.337 e. The molecule has 0 aliphatic rings. The Morgan fingerprint density at radius 3 is 2.62 bits per heavy atom. The summed E-state index contributed by atoms with van der Waals surface area (Å²) in [7, 11) is 0. The number of hydrogen-bond acceptors (Lipinski definition) is 4. The fraction of sp³-hybridized carbons (Fsp3) is 0.0625. The summed E-state index contributed by atoms with van der Waals surface area (Å²) in [5.74, 6) is 0.0498. The first-order valence-electron chi connectivity index (χ1n) is 6.93. The number of halogens is 2. The van der Waals surface area contributed by atoms with E-state index < -0.39 is 5.97 Å². The summed E-state index contributed by atoms with van der Waals surface area (Å²) in [4.78, 5) is 15.7. The largest absolute Gasteiger partial charge is 0.478 e. The van der Waals surface area contributed by atoms with E-state index in [4.69, 9.17) is 23.2 Å². The number of anilines is 2. The van der Waals surface area contributed by atoms with Gasteiger partial charge in [0.25, 0.3) is 0 Å². The maximum absolute atomic E-state index is 11.5. The van der Waals surface area contributed by atoms with Crippen molar-refractivity contribution in [3.63, 3.8) is 0 Å². The van der Waals surface area contributed by atoms with Crippen LogP contribution in [0.4, 0.5) is 11.5 Å². The zero-order valence-electron chi connectivity index (χ0n) is 12.5. The molecule has 6 nitrogen and oxygen atoms in total. The molecule has 1 aromatic carbocycles. The average Bonchev–Trinajstić information content (AvgIpc) is 2.92. The van der Waals surface area contributed by atoms with Crippen LogP contribution >= 0.6 is 23.2 Å². The monoisotopic (exact) mass is 362 g/mol. The van der Waals surface area contributed by atoms with Crippen molar-refractivity contribution in [2.45, 2.75) is 6.92 Å². The number of aromatic nitrogens is 3. The minimum atomic E-state index is -1.11. The van der Waals surface area contributed by atoms with E-state index in [9.17, 15) is 9.90 Å². The van der Waals surface area contributed by atoms with E-state index in [0.29, 0.717) is 17.3 Å². The van der Waals surface area contributed by atoms with Crippen molar-refractivity contribution in [3.8, 4) is 5.82 Å². The molecule has 3 aromatic rings. The summed E-state index contributed by atoms with van der Waals surface area (Å²) in [6.07, 6.45) is 1.65. The molecule has 122 valence electrons. The first-order valence-corrected chi connectivity index (χ1v) is 7.68. The molecule has 0 atom stereocenters. The first-order chi connectivity index (χ1) is 11.5. The molecule has 2 aromatic heterocycles. The number of hydrogen-bond donors (Lipinski definition) is 2. The molecule has 24 heavy (non-hydrogen) atoms. The highest BCUT2D eigenvalue weighted by atomic mass is 35.5. The number of benzene rings is 1. The van der Waals surface area contributed by atoms with Crippen molar-refractivity contribution >= 4 is 40.7 Å². The van der Waals surface area contributed by atoms with Crippen LogP contribution in [-0.4, -0.2) is 25.8 Å². The number of carboxylic acids is 1. The molecule has 0 unspecified atom stereocenters. The van der Waals surface area contributed by atoms with Crippen LogP contribution in [0.3, 0.4) is 0 Å². The molecule has 3 rings (SSSR count). The third-order valence-electron chi connectivity index (χ3n) is 3.25. The van der Waals surface area contributed by atoms with Crippen molar-refractivity contribution < 1.29 is 9.90 Å². The summed E-state index contributed by atoms with van der Waals surface area (Å²) >= 11 is 11.9. The SMILES string of the molecule is Cc1cc(Nc2cc(Cl)c(Cl)cc2C(=O)O)n(-c2ccccn2)n1. The Bertz CT molecular complexity index is 910. The van der Waals surface area contributed by atoms with Gasteiger partial charge < -0.3 is 10.4 Å². The molecule has 2 N–H and O–H groups in total. The molecule has 8 heteroatoms. The molecule has 0 saturated carbocycles. The minimum Gasteiger partial charge on any atom is -0.478 e. The lowest BCUT2D eigenvalue weighted by Crippen LogP contribution is -2.07. The van der Waals surface area contributed by atoms with Crippen LogP contribution in [0.15, 0.2) is 42.6 Å². The summed E-state index contributed by atoms with van der Waals surface area (Å²) in [6, 6.07) is 9.99. The minimum absolute atomic E-state index is 0.0100. The summed E-state index contributed by atoms with van der Waals surface area (Å²) in [5, 5.41) is 17.2. The third-order valence-corrected chi connectivity index (χ3v) is 3.97. The number of pyridine rings is 1. The molecule has 0 bridgehead atoms. The number of aromatic carboxylic acids is 1. The van der Waals surface area contributed by atoms with E-state index in [1.165, 1.54) is 12.1 Å². The lowest BCUT2D eigenvalue weighted by molar-refractivity contribution is 0.0698. The number of rotatable bonds is 4. The van der Waals surface area contributed by atoms with Gasteiger partial charge in [0.05, 0.1) is 27.0 Å². The van der Waals surface area contributed by atoms with Gasteiger partial charge in [-0.25, -0.2) is 9.78 Å². The van der Waals surface area contributed by atoms with E-state index in [2.05, 4.69) is 15.4 Å². The number of nitrogens with zero attached hydrogens (tertiary/aromatic N) is 3. The van der Waals surface area contributed by atoms with Crippen molar-refractivity contribution in [2.24, 2.45) is 0 Å². The summed E-state index contributed by atoms with van der Waals surface area (Å²) in [5.41, 5.74) is 1.07. The Balaban J connectivity index is 2.07. The van der Waals surface area contributed by atoms with Gasteiger partial charge in [-0.3, -0.25) is 0 Å². The highest BCUT2D eigenvalue weighted by Gasteiger charge is 2.16. The predicted octanol–water partition coefficient (Wildman–Crippen LogP) is 4.32. The normalized spacial score (nSPS) is 10.6. The first kappa shape index (κ1) is 16.3. The molecule has 0 aliphatic heterocycles. The highest BCUT2D eigenvalue weighted by molar-refractivity contribution is 6.42. The van der Waals surface area contributed by atoms with Crippen LogP contribution in [0.5, 0.6) is 0 Å². The molecule has 0 spiro atoms. The van der Waals surface area contributed by atoms with Crippen molar-refractivity contribution in [3.05, 3.63) is 63.9 Å². The topological polar surface area (TPSA) is 80.0 Å². The van der Waals surface area contributed by atoms with Gasteiger partial charge >= 0.3 is 5.97 Å². The Morgan fingerprint density at radius 1 is 1.21 bits per heavy atom. The fourth-order valence-electron chi connectivity index (χ4n) is 2.21. The van der Waals surface area contributed by atoms with Crippen LogP contribution in [0.25, 0.3) is 5.82 Å². The number of carbonyl (C=O) groups is 1. The maximum atomic E-state index is 11.5. The Labute approximate surface area is 147 Å². The van der Waals surface area contributed by atoms with Crippen LogP contribution in [-0.2, 0) is 0 Å². The predicted molar refractivity (Wildman–Crippen MR) is 92.8 cm³/mol. The molecule has 0 amide bonds. The molecule has 2 heterocycles. The molecule has 0 saturated heterocycles. The second-order valence-corrected chi connectivity index (χ2v) is 5.83. The Hall–Kier alpha value is -2.57. The van der Waals surface area contributed by atoms with Gasteiger partial charge in [0.2, 0.25) is 0 Å². The van der Waals surface area contributed by atoms with Crippen LogP contribution in [0, 0.1) is 6.92 Å². The third kappa shape index (κ3) is 3.20. The standard InChI is InChI=1S/C16H12Cl2N4O2/c1-9-6-15(22(21-9)14-4-2-3-5-19-14)20-13-8-12(18)11(17)7-10(13)16(23)24/h2-8,20H,1H3,(H,23,24). The smallest absolute Gasteiger partial charge is 0.337 e. The Morgan fingerprint density at radius 2 is 1.96 bits per heavy atom. The number of aryl methyl sites for hydroxylation is 1. The van der Waals surface area contributed by atoms with E-state index >= 15 is 0 Å². The van der Waals surface area contributed by atoms with E-state index in [1.54, 1.807) is 29.1 Å². The van der Waals surface area contributed by atoms with Crippen molar-refractivity contribution in [1.29, 1.82) is 0 Å².